The number of hydrogen-bond acceptors (Lipinski definition) is 3. The summed E-state index contributed by atoms with van der Waals surface area (Å²) in [5.74, 6) is -0.0515. The lowest BCUT2D eigenvalue weighted by Gasteiger charge is -2.31. The highest BCUT2D eigenvalue weighted by molar-refractivity contribution is 6.05. The number of benzene rings is 1. The first-order valence-corrected chi connectivity index (χ1v) is 7.42. The highest BCUT2D eigenvalue weighted by Gasteiger charge is 2.26. The molecule has 0 saturated heterocycles. The Hall–Kier alpha value is -2.23. The molecule has 1 amide bonds. The number of nitrogens with zero attached hydrogens (tertiary/aromatic N) is 3. The normalized spacial score (nSPS) is 13.9. The van der Waals surface area contributed by atoms with Crippen LogP contribution in [0, 0.1) is 6.92 Å². The van der Waals surface area contributed by atoms with Gasteiger partial charge in [-0.1, -0.05) is 25.1 Å². The smallest absolute Gasteiger partial charge is 0.278 e. The summed E-state index contributed by atoms with van der Waals surface area (Å²) in [4.78, 5) is 23.0. The molecule has 1 aliphatic heterocycles. The topological polar surface area (TPSA) is 46.1 Å². The van der Waals surface area contributed by atoms with Gasteiger partial charge in [0.15, 0.2) is 0 Å². The van der Waals surface area contributed by atoms with Crippen LogP contribution in [0.25, 0.3) is 0 Å². The molecule has 2 aromatic rings. The second-order valence-electron chi connectivity index (χ2n) is 5.38. The maximum Gasteiger partial charge on any atom is 0.278 e. The van der Waals surface area contributed by atoms with Gasteiger partial charge in [-0.3, -0.25) is 9.78 Å². The molecule has 4 heteroatoms. The molecule has 0 saturated carbocycles. The van der Waals surface area contributed by atoms with E-state index in [1.807, 2.05) is 11.8 Å². The van der Waals surface area contributed by atoms with Crippen LogP contribution >= 0.6 is 0 Å². The molecule has 1 aromatic carbocycles. The van der Waals surface area contributed by atoms with E-state index in [-0.39, 0.29) is 5.91 Å². The van der Waals surface area contributed by atoms with Crippen molar-refractivity contribution in [1.29, 1.82) is 0 Å². The Balaban J connectivity index is 2.01. The van der Waals surface area contributed by atoms with Crippen LogP contribution in [0.5, 0.6) is 0 Å². The number of aromatic nitrogens is 2. The van der Waals surface area contributed by atoms with E-state index >= 15 is 0 Å². The van der Waals surface area contributed by atoms with Gasteiger partial charge in [-0.25, -0.2) is 4.98 Å². The molecule has 108 valence electrons. The Bertz CT molecular complexity index is 650. The molecular weight excluding hydrogens is 262 g/mol. The number of aryl methyl sites for hydroxylation is 3. The van der Waals surface area contributed by atoms with E-state index in [1.54, 1.807) is 12.4 Å². The van der Waals surface area contributed by atoms with Gasteiger partial charge in [-0.15, -0.1) is 0 Å². The van der Waals surface area contributed by atoms with Crippen molar-refractivity contribution in [3.8, 4) is 0 Å². The lowest BCUT2D eigenvalue weighted by Crippen LogP contribution is -2.36. The molecule has 3 rings (SSSR count). The third-order valence-corrected chi connectivity index (χ3v) is 3.93. The van der Waals surface area contributed by atoms with Gasteiger partial charge in [-0.05, 0) is 37.3 Å². The molecule has 0 unspecified atom stereocenters. The van der Waals surface area contributed by atoms with E-state index in [0.717, 1.165) is 37.2 Å². The van der Waals surface area contributed by atoms with Crippen LogP contribution in [-0.2, 0) is 12.8 Å². The van der Waals surface area contributed by atoms with E-state index in [4.69, 9.17) is 0 Å². The molecule has 1 aromatic heterocycles. The van der Waals surface area contributed by atoms with Crippen molar-refractivity contribution in [2.75, 3.05) is 11.4 Å². The number of anilines is 1. The molecule has 0 aliphatic carbocycles. The number of carbonyl (C=O) groups is 1. The number of carbonyl (C=O) groups excluding carboxylic acids is 1. The third kappa shape index (κ3) is 2.53. The maximum absolute atomic E-state index is 12.8. The summed E-state index contributed by atoms with van der Waals surface area (Å²) in [5, 5.41) is 0. The lowest BCUT2D eigenvalue weighted by molar-refractivity contribution is 0.0979. The Morgan fingerprint density at radius 1 is 1.29 bits per heavy atom. The summed E-state index contributed by atoms with van der Waals surface area (Å²) >= 11 is 0. The second-order valence-corrected chi connectivity index (χ2v) is 5.38. The maximum atomic E-state index is 12.8. The van der Waals surface area contributed by atoms with Crippen LogP contribution in [0.1, 0.15) is 40.7 Å². The Morgan fingerprint density at radius 3 is 2.86 bits per heavy atom. The summed E-state index contributed by atoms with van der Waals surface area (Å²) in [6, 6.07) is 6.30. The van der Waals surface area contributed by atoms with Crippen LogP contribution < -0.4 is 4.90 Å². The number of hydrogen-bond donors (Lipinski definition) is 0. The number of fused-ring (bicyclic) bond motifs is 1. The van der Waals surface area contributed by atoms with E-state index in [9.17, 15) is 4.79 Å². The highest BCUT2D eigenvalue weighted by Crippen LogP contribution is 2.32. The fourth-order valence-electron chi connectivity index (χ4n) is 2.86. The first-order valence-electron chi connectivity index (χ1n) is 7.42. The molecule has 0 spiro atoms. The minimum Gasteiger partial charge on any atom is -0.306 e. The van der Waals surface area contributed by atoms with Crippen LogP contribution in [0.15, 0.2) is 30.6 Å². The van der Waals surface area contributed by atoms with Crippen LogP contribution in [0.4, 0.5) is 5.69 Å². The van der Waals surface area contributed by atoms with Crippen LogP contribution in [0.2, 0.25) is 0 Å². The summed E-state index contributed by atoms with van der Waals surface area (Å²) in [6.07, 6.45) is 6.16. The van der Waals surface area contributed by atoms with Crippen molar-refractivity contribution in [3.63, 3.8) is 0 Å². The van der Waals surface area contributed by atoms with Crippen LogP contribution in [-0.4, -0.2) is 22.4 Å². The fourth-order valence-corrected chi connectivity index (χ4v) is 2.86. The van der Waals surface area contributed by atoms with Crippen molar-refractivity contribution < 1.29 is 4.79 Å². The third-order valence-electron chi connectivity index (χ3n) is 3.93. The number of para-hydroxylation sites is 1. The summed E-state index contributed by atoms with van der Waals surface area (Å²) in [5.41, 5.74) is 4.80. The molecule has 0 fully saturated rings. The van der Waals surface area contributed by atoms with Crippen molar-refractivity contribution in [1.82, 2.24) is 9.97 Å². The Morgan fingerprint density at radius 2 is 2.14 bits per heavy atom. The molecule has 0 atom stereocenters. The SMILES string of the molecule is CCc1cccc2c1N(C(=O)c1cnc(C)cn1)CCC2. The monoisotopic (exact) mass is 281 g/mol. The Labute approximate surface area is 124 Å². The van der Waals surface area contributed by atoms with Gasteiger partial charge in [-0.2, -0.15) is 0 Å². The molecular formula is C17H19N3O. The average Bonchev–Trinajstić information content (AvgIpc) is 2.53. The average molecular weight is 281 g/mol. The zero-order chi connectivity index (χ0) is 14.8. The highest BCUT2D eigenvalue weighted by atomic mass is 16.2. The van der Waals surface area contributed by atoms with Gasteiger partial charge < -0.3 is 4.90 Å². The lowest BCUT2D eigenvalue weighted by atomic mass is 9.96. The minimum absolute atomic E-state index is 0.0515. The van der Waals surface area contributed by atoms with E-state index < -0.39 is 0 Å². The first kappa shape index (κ1) is 13.7. The van der Waals surface area contributed by atoms with E-state index in [2.05, 4.69) is 35.1 Å². The fraction of sp³-hybridized carbons (Fsp3) is 0.353. The molecule has 0 bridgehead atoms. The van der Waals surface area contributed by atoms with Crippen molar-refractivity contribution in [2.45, 2.75) is 33.1 Å². The summed E-state index contributed by atoms with van der Waals surface area (Å²) in [7, 11) is 0. The molecule has 0 N–H and O–H groups in total. The molecule has 2 heterocycles. The van der Waals surface area contributed by atoms with Crippen molar-refractivity contribution in [3.05, 3.63) is 53.1 Å². The largest absolute Gasteiger partial charge is 0.306 e. The second kappa shape index (κ2) is 5.64. The summed E-state index contributed by atoms with van der Waals surface area (Å²) in [6.45, 7) is 4.74. The van der Waals surface area contributed by atoms with Crippen molar-refractivity contribution in [2.24, 2.45) is 0 Å². The van der Waals surface area contributed by atoms with Crippen LogP contribution in [0.3, 0.4) is 0 Å². The van der Waals surface area contributed by atoms with Gasteiger partial charge >= 0.3 is 0 Å². The van der Waals surface area contributed by atoms with Gasteiger partial charge in [0.1, 0.15) is 5.69 Å². The molecule has 1 aliphatic rings. The molecule has 0 radical (unpaired) electrons. The zero-order valence-electron chi connectivity index (χ0n) is 12.5. The first-order chi connectivity index (χ1) is 10.2. The summed E-state index contributed by atoms with van der Waals surface area (Å²) < 4.78 is 0. The van der Waals surface area contributed by atoms with Gasteiger partial charge in [0, 0.05) is 12.7 Å². The predicted molar refractivity (Wildman–Crippen MR) is 82.6 cm³/mol. The molecule has 4 nitrogen and oxygen atoms in total. The molecule has 21 heavy (non-hydrogen) atoms. The van der Waals surface area contributed by atoms with E-state index in [1.165, 1.54) is 11.1 Å². The number of amides is 1. The Kier molecular flexibility index (Phi) is 3.69. The van der Waals surface area contributed by atoms with Gasteiger partial charge in [0.2, 0.25) is 0 Å². The quantitative estimate of drug-likeness (QED) is 0.850. The standard InChI is InChI=1S/C17H19N3O/c1-3-13-6-4-7-14-8-5-9-20(16(13)14)17(21)15-11-18-12(2)10-19-15/h4,6-7,10-11H,3,5,8-9H2,1-2H3. The zero-order valence-corrected chi connectivity index (χ0v) is 12.5. The predicted octanol–water partition coefficient (Wildman–Crippen LogP) is 2.94. The number of rotatable bonds is 2. The van der Waals surface area contributed by atoms with Gasteiger partial charge in [0.05, 0.1) is 17.6 Å². The van der Waals surface area contributed by atoms with Crippen molar-refractivity contribution >= 4 is 11.6 Å². The van der Waals surface area contributed by atoms with E-state index in [0.29, 0.717) is 5.69 Å². The minimum atomic E-state index is -0.0515. The van der Waals surface area contributed by atoms with Gasteiger partial charge in [0.25, 0.3) is 5.91 Å².